The van der Waals surface area contributed by atoms with E-state index in [-0.39, 0.29) is 5.91 Å². The molecule has 2 aromatic rings. The molecule has 1 aromatic heterocycles. The second-order valence-electron chi connectivity index (χ2n) is 5.52. The van der Waals surface area contributed by atoms with E-state index in [0.29, 0.717) is 19.0 Å². The highest BCUT2D eigenvalue weighted by molar-refractivity contribution is 7.99. The standard InChI is InChI=1S/C17H21N3OS/c21-16(11-15-12-22-10-9-18-15)19-8-6-14-4-1-3-13-5-2-7-20-17(13)14/h1-5,7,15,18H,6,8-12H2,(H,19,21). The van der Waals surface area contributed by atoms with Gasteiger partial charge in [0.15, 0.2) is 0 Å². The van der Waals surface area contributed by atoms with Gasteiger partial charge in [-0.1, -0.05) is 24.3 Å². The Morgan fingerprint density at radius 2 is 2.27 bits per heavy atom. The third kappa shape index (κ3) is 3.99. The van der Waals surface area contributed by atoms with Crippen molar-refractivity contribution in [1.29, 1.82) is 0 Å². The molecule has 1 unspecified atom stereocenters. The molecule has 3 rings (SSSR count). The number of benzene rings is 1. The highest BCUT2D eigenvalue weighted by Crippen LogP contribution is 2.16. The fourth-order valence-corrected chi connectivity index (χ4v) is 3.70. The maximum atomic E-state index is 12.0. The number of rotatable bonds is 5. The van der Waals surface area contributed by atoms with Gasteiger partial charge < -0.3 is 10.6 Å². The zero-order chi connectivity index (χ0) is 15.2. The first kappa shape index (κ1) is 15.3. The van der Waals surface area contributed by atoms with Crippen molar-refractivity contribution in [3.63, 3.8) is 0 Å². The average molecular weight is 315 g/mol. The van der Waals surface area contributed by atoms with Crippen LogP contribution < -0.4 is 10.6 Å². The average Bonchev–Trinajstić information content (AvgIpc) is 2.56. The summed E-state index contributed by atoms with van der Waals surface area (Å²) in [5.41, 5.74) is 2.22. The van der Waals surface area contributed by atoms with Crippen LogP contribution in [0, 0.1) is 0 Å². The summed E-state index contributed by atoms with van der Waals surface area (Å²) in [5, 5.41) is 7.57. The van der Waals surface area contributed by atoms with E-state index in [1.54, 1.807) is 0 Å². The Hall–Kier alpha value is -1.59. The van der Waals surface area contributed by atoms with E-state index < -0.39 is 0 Å². The predicted molar refractivity (Wildman–Crippen MR) is 92.2 cm³/mol. The van der Waals surface area contributed by atoms with Crippen molar-refractivity contribution in [3.05, 3.63) is 42.1 Å². The Morgan fingerprint density at radius 1 is 1.36 bits per heavy atom. The van der Waals surface area contributed by atoms with Gasteiger partial charge >= 0.3 is 0 Å². The van der Waals surface area contributed by atoms with Crippen LogP contribution in [0.3, 0.4) is 0 Å². The number of nitrogens with zero attached hydrogens (tertiary/aromatic N) is 1. The summed E-state index contributed by atoms with van der Waals surface area (Å²) in [6.45, 7) is 1.67. The van der Waals surface area contributed by atoms with E-state index in [9.17, 15) is 4.79 Å². The number of aromatic nitrogens is 1. The Labute approximate surface area is 135 Å². The number of amides is 1. The normalized spacial score (nSPS) is 18.3. The summed E-state index contributed by atoms with van der Waals surface area (Å²) in [6, 6.07) is 10.5. The molecule has 1 atom stereocenters. The van der Waals surface area contributed by atoms with Crippen LogP contribution in [0.4, 0.5) is 0 Å². The number of hydrogen-bond acceptors (Lipinski definition) is 4. The second kappa shape index (κ2) is 7.61. The van der Waals surface area contributed by atoms with Crippen molar-refractivity contribution in [1.82, 2.24) is 15.6 Å². The van der Waals surface area contributed by atoms with E-state index >= 15 is 0 Å². The fraction of sp³-hybridized carbons (Fsp3) is 0.412. The second-order valence-corrected chi connectivity index (χ2v) is 6.67. The summed E-state index contributed by atoms with van der Waals surface area (Å²) in [6.07, 6.45) is 3.20. The number of para-hydroxylation sites is 1. The lowest BCUT2D eigenvalue weighted by Crippen LogP contribution is -2.41. The highest BCUT2D eigenvalue weighted by Gasteiger charge is 2.16. The summed E-state index contributed by atoms with van der Waals surface area (Å²) >= 11 is 1.92. The zero-order valence-electron chi connectivity index (χ0n) is 12.5. The van der Waals surface area contributed by atoms with Crippen LogP contribution in [0.1, 0.15) is 12.0 Å². The van der Waals surface area contributed by atoms with Gasteiger partial charge in [-0.2, -0.15) is 11.8 Å². The minimum Gasteiger partial charge on any atom is -0.356 e. The Bertz CT molecular complexity index is 635. The van der Waals surface area contributed by atoms with Crippen LogP contribution in [0.15, 0.2) is 36.5 Å². The molecule has 0 spiro atoms. The molecule has 1 aliphatic rings. The molecule has 1 fully saturated rings. The quantitative estimate of drug-likeness (QED) is 0.886. The first-order valence-corrected chi connectivity index (χ1v) is 8.89. The van der Waals surface area contributed by atoms with Crippen LogP contribution in [-0.4, -0.2) is 41.5 Å². The molecular formula is C17H21N3OS. The molecule has 0 radical (unpaired) electrons. The monoisotopic (exact) mass is 315 g/mol. The van der Waals surface area contributed by atoms with Gasteiger partial charge in [0.2, 0.25) is 5.91 Å². The molecule has 22 heavy (non-hydrogen) atoms. The van der Waals surface area contributed by atoms with E-state index in [0.717, 1.165) is 35.4 Å². The van der Waals surface area contributed by atoms with E-state index in [1.807, 2.05) is 30.1 Å². The van der Waals surface area contributed by atoms with Gasteiger partial charge in [-0.05, 0) is 18.1 Å². The molecule has 5 heteroatoms. The molecule has 1 amide bonds. The van der Waals surface area contributed by atoms with Gasteiger partial charge in [-0.25, -0.2) is 0 Å². The highest BCUT2D eigenvalue weighted by atomic mass is 32.2. The van der Waals surface area contributed by atoms with Crippen molar-refractivity contribution < 1.29 is 4.79 Å². The van der Waals surface area contributed by atoms with Crippen molar-refractivity contribution in [2.75, 3.05) is 24.6 Å². The van der Waals surface area contributed by atoms with Crippen molar-refractivity contribution in [3.8, 4) is 0 Å². The summed E-state index contributed by atoms with van der Waals surface area (Å²) in [4.78, 5) is 16.4. The third-order valence-electron chi connectivity index (χ3n) is 3.86. The molecule has 4 nitrogen and oxygen atoms in total. The SMILES string of the molecule is O=C(CC1CSCCN1)NCCc1cccc2cccnc12. The van der Waals surface area contributed by atoms with Crippen LogP contribution in [0.2, 0.25) is 0 Å². The molecule has 2 heterocycles. The Balaban J connectivity index is 1.50. The molecule has 0 bridgehead atoms. The summed E-state index contributed by atoms with van der Waals surface area (Å²) < 4.78 is 0. The molecule has 1 aliphatic heterocycles. The minimum absolute atomic E-state index is 0.133. The van der Waals surface area contributed by atoms with Crippen molar-refractivity contribution in [2.24, 2.45) is 0 Å². The molecule has 1 aromatic carbocycles. The summed E-state index contributed by atoms with van der Waals surface area (Å²) in [7, 11) is 0. The van der Waals surface area contributed by atoms with Gasteiger partial charge in [-0.15, -0.1) is 0 Å². The van der Waals surface area contributed by atoms with Crippen LogP contribution in [0.25, 0.3) is 10.9 Å². The van der Waals surface area contributed by atoms with Crippen molar-refractivity contribution in [2.45, 2.75) is 18.9 Å². The lowest BCUT2D eigenvalue weighted by atomic mass is 10.1. The number of nitrogens with one attached hydrogen (secondary N) is 2. The first-order chi connectivity index (χ1) is 10.8. The maximum absolute atomic E-state index is 12.0. The third-order valence-corrected chi connectivity index (χ3v) is 4.99. The topological polar surface area (TPSA) is 54.0 Å². The van der Waals surface area contributed by atoms with Crippen molar-refractivity contribution >= 4 is 28.6 Å². The molecular weight excluding hydrogens is 294 g/mol. The molecule has 0 saturated carbocycles. The number of fused-ring (bicyclic) bond motifs is 1. The number of carbonyl (C=O) groups excluding carboxylic acids is 1. The molecule has 116 valence electrons. The Morgan fingerprint density at radius 3 is 3.14 bits per heavy atom. The fourth-order valence-electron chi connectivity index (χ4n) is 2.75. The lowest BCUT2D eigenvalue weighted by Gasteiger charge is -2.22. The number of thioether (sulfide) groups is 1. The van der Waals surface area contributed by atoms with Gasteiger partial charge in [0, 0.05) is 48.6 Å². The van der Waals surface area contributed by atoms with Crippen LogP contribution in [-0.2, 0) is 11.2 Å². The van der Waals surface area contributed by atoms with E-state index in [4.69, 9.17) is 0 Å². The minimum atomic E-state index is 0.133. The lowest BCUT2D eigenvalue weighted by molar-refractivity contribution is -0.121. The van der Waals surface area contributed by atoms with Crippen LogP contribution in [0.5, 0.6) is 0 Å². The van der Waals surface area contributed by atoms with Gasteiger partial charge in [0.1, 0.15) is 0 Å². The van der Waals surface area contributed by atoms with Gasteiger partial charge in [0.25, 0.3) is 0 Å². The molecule has 0 aliphatic carbocycles. The molecule has 2 N–H and O–H groups in total. The van der Waals surface area contributed by atoms with E-state index in [2.05, 4.69) is 33.8 Å². The van der Waals surface area contributed by atoms with Crippen LogP contribution >= 0.6 is 11.8 Å². The largest absolute Gasteiger partial charge is 0.356 e. The van der Waals surface area contributed by atoms with Gasteiger partial charge in [-0.3, -0.25) is 9.78 Å². The Kier molecular flexibility index (Phi) is 5.29. The molecule has 1 saturated heterocycles. The maximum Gasteiger partial charge on any atom is 0.221 e. The zero-order valence-corrected chi connectivity index (χ0v) is 13.4. The smallest absolute Gasteiger partial charge is 0.221 e. The summed E-state index contributed by atoms with van der Waals surface area (Å²) in [5.74, 6) is 2.31. The number of hydrogen-bond donors (Lipinski definition) is 2. The number of pyridine rings is 1. The first-order valence-electron chi connectivity index (χ1n) is 7.73. The van der Waals surface area contributed by atoms with E-state index in [1.165, 1.54) is 5.56 Å². The van der Waals surface area contributed by atoms with Gasteiger partial charge in [0.05, 0.1) is 5.52 Å². The predicted octanol–water partition coefficient (Wildman–Crippen LogP) is 1.99. The number of carbonyl (C=O) groups is 1.